The number of nitrogens with zero attached hydrogens (tertiary/aromatic N) is 3. The van der Waals surface area contributed by atoms with Gasteiger partial charge in [-0.15, -0.1) is 0 Å². The number of esters is 1. The van der Waals surface area contributed by atoms with Crippen molar-refractivity contribution in [2.75, 3.05) is 7.11 Å². The molecule has 3 atom stereocenters. The van der Waals surface area contributed by atoms with Crippen LogP contribution in [0.1, 0.15) is 67.2 Å². The monoisotopic (exact) mass is 566 g/mol. The van der Waals surface area contributed by atoms with Crippen LogP contribution in [0.2, 0.25) is 0 Å². The Labute approximate surface area is 246 Å². The molecule has 0 amide bonds. The lowest BCUT2D eigenvalue weighted by Crippen LogP contribution is -2.16. The van der Waals surface area contributed by atoms with E-state index >= 15 is 0 Å². The van der Waals surface area contributed by atoms with Gasteiger partial charge in [0.05, 0.1) is 47.4 Å². The Hall–Kier alpha value is -4.04. The number of hydrogen-bond acceptors (Lipinski definition) is 8. The molecule has 5 heterocycles. The first-order valence-electron chi connectivity index (χ1n) is 14.8. The molecule has 0 aromatic heterocycles. The summed E-state index contributed by atoms with van der Waals surface area (Å²) in [4.78, 5) is 27.3. The highest BCUT2D eigenvalue weighted by atomic mass is 16.5. The fourth-order valence-electron chi connectivity index (χ4n) is 7.03. The molecule has 1 aliphatic carbocycles. The smallest absolute Gasteiger partial charge is 0.305 e. The number of carbonyl (C=O) groups is 1. The van der Waals surface area contributed by atoms with Gasteiger partial charge in [0.2, 0.25) is 0 Å². The third kappa shape index (κ3) is 4.31. The molecular formula is C34H38N4O4. The van der Waals surface area contributed by atoms with Crippen LogP contribution in [0.4, 0.5) is 0 Å². The first-order valence-corrected chi connectivity index (χ1v) is 14.8. The molecule has 5 aliphatic heterocycles. The van der Waals surface area contributed by atoms with Crippen LogP contribution in [-0.4, -0.2) is 46.5 Å². The molecule has 1 fully saturated rings. The molecule has 218 valence electrons. The number of ether oxygens (including phenoxy) is 1. The molecule has 0 spiro atoms. The molecule has 0 aromatic rings. The van der Waals surface area contributed by atoms with Crippen molar-refractivity contribution in [1.82, 2.24) is 5.32 Å². The number of nitrogens with one attached hydrogen (secondary N) is 1. The molecule has 0 aromatic carbocycles. The summed E-state index contributed by atoms with van der Waals surface area (Å²) in [6.45, 7) is 12.1. The Morgan fingerprint density at radius 1 is 1.07 bits per heavy atom. The number of aliphatic hydroxyl groups excluding tert-OH is 2. The second-order valence-corrected chi connectivity index (χ2v) is 11.8. The molecule has 0 saturated carbocycles. The van der Waals surface area contributed by atoms with Crippen LogP contribution in [0.5, 0.6) is 0 Å². The minimum Gasteiger partial charge on any atom is -0.511 e. The Morgan fingerprint density at radius 2 is 1.79 bits per heavy atom. The van der Waals surface area contributed by atoms with Gasteiger partial charge >= 0.3 is 5.97 Å². The third-order valence-electron chi connectivity index (χ3n) is 9.41. The zero-order valence-electron chi connectivity index (χ0n) is 25.3. The predicted molar refractivity (Wildman–Crippen MR) is 165 cm³/mol. The molecule has 8 nitrogen and oxygen atoms in total. The maximum Gasteiger partial charge on any atom is 0.305 e. The highest BCUT2D eigenvalue weighted by Crippen LogP contribution is 2.46. The van der Waals surface area contributed by atoms with Crippen molar-refractivity contribution in [2.45, 2.75) is 73.3 Å². The van der Waals surface area contributed by atoms with Crippen LogP contribution in [0, 0.1) is 11.8 Å². The lowest BCUT2D eigenvalue weighted by molar-refractivity contribution is -0.140. The Morgan fingerprint density at radius 3 is 2.48 bits per heavy atom. The summed E-state index contributed by atoms with van der Waals surface area (Å²) in [6, 6.07) is 0. The van der Waals surface area contributed by atoms with Gasteiger partial charge in [0, 0.05) is 52.8 Å². The highest BCUT2D eigenvalue weighted by molar-refractivity contribution is 6.21. The molecule has 1 saturated heterocycles. The van der Waals surface area contributed by atoms with Crippen LogP contribution in [0.25, 0.3) is 0 Å². The van der Waals surface area contributed by atoms with Gasteiger partial charge < -0.3 is 20.3 Å². The minimum atomic E-state index is -0.700. The van der Waals surface area contributed by atoms with E-state index in [1.807, 2.05) is 26.0 Å². The van der Waals surface area contributed by atoms with Crippen LogP contribution >= 0.6 is 0 Å². The summed E-state index contributed by atoms with van der Waals surface area (Å²) >= 11 is 0. The Kier molecular flexibility index (Phi) is 6.92. The fourth-order valence-corrected chi connectivity index (χ4v) is 7.03. The minimum absolute atomic E-state index is 0.00465. The summed E-state index contributed by atoms with van der Waals surface area (Å²) in [5.41, 5.74) is 13.3. The van der Waals surface area contributed by atoms with Crippen molar-refractivity contribution in [1.29, 1.82) is 0 Å². The average Bonchev–Trinajstić information content (AvgIpc) is 3.70. The Bertz CT molecular complexity index is 1680. The van der Waals surface area contributed by atoms with Crippen molar-refractivity contribution in [2.24, 2.45) is 26.8 Å². The van der Waals surface area contributed by atoms with E-state index in [1.165, 1.54) is 7.11 Å². The van der Waals surface area contributed by atoms with Crippen LogP contribution in [-0.2, 0) is 9.53 Å². The second kappa shape index (κ2) is 10.3. The number of rotatable bonds is 5. The van der Waals surface area contributed by atoms with Crippen LogP contribution in [0.3, 0.4) is 0 Å². The molecule has 0 radical (unpaired) electrons. The molecule has 8 bridgehead atoms. The lowest BCUT2D eigenvalue weighted by atomic mass is 9.86. The van der Waals surface area contributed by atoms with Gasteiger partial charge in [-0.2, -0.15) is 0 Å². The zero-order valence-corrected chi connectivity index (χ0v) is 25.3. The van der Waals surface area contributed by atoms with Crippen molar-refractivity contribution in [3.05, 3.63) is 91.5 Å². The molecule has 6 rings (SSSR count). The van der Waals surface area contributed by atoms with Crippen molar-refractivity contribution >= 4 is 23.1 Å². The van der Waals surface area contributed by atoms with Crippen molar-refractivity contribution < 1.29 is 19.7 Å². The van der Waals surface area contributed by atoms with Gasteiger partial charge in [0.15, 0.2) is 0 Å². The number of methoxy groups -OCH3 is 1. The molecular weight excluding hydrogens is 528 g/mol. The number of carbonyl (C=O) groups excluding carboxylic acids is 1. The predicted octanol–water partition coefficient (Wildman–Crippen LogP) is 5.99. The number of allylic oxidation sites excluding steroid dienone is 11. The summed E-state index contributed by atoms with van der Waals surface area (Å²) in [5.74, 6) is 0.109. The first-order chi connectivity index (χ1) is 20.0. The second-order valence-electron chi connectivity index (χ2n) is 11.8. The van der Waals surface area contributed by atoms with Crippen molar-refractivity contribution in [3.8, 4) is 0 Å². The lowest BCUT2D eigenvalue weighted by Gasteiger charge is -2.17. The molecule has 8 heteroatoms. The quantitative estimate of drug-likeness (QED) is 0.354. The van der Waals surface area contributed by atoms with Gasteiger partial charge in [-0.05, 0) is 81.1 Å². The maximum absolute atomic E-state index is 12.2. The van der Waals surface area contributed by atoms with Gasteiger partial charge in [-0.3, -0.25) is 4.79 Å². The first kappa shape index (κ1) is 28.1. The topological polar surface area (TPSA) is 116 Å². The molecule has 1 unspecified atom stereocenters. The average molecular weight is 567 g/mol. The SMILES string of the molecule is CCC1=C(C)C2=NC1=CC1=C(C)C3=C(O)CC(=C4NC(=CC5=NC(=C2)C(C(C)O)=C5C)[C@@H](C)[C@@H]4CCC(=O)OC)C3=N1. The summed E-state index contributed by atoms with van der Waals surface area (Å²) < 4.78 is 4.97. The van der Waals surface area contributed by atoms with Crippen LogP contribution in [0.15, 0.2) is 106 Å². The normalized spacial score (nSPS) is 25.5. The third-order valence-corrected chi connectivity index (χ3v) is 9.41. The standard InChI is InChI=1S/C34H38N4O4/c1-8-20-15(2)23-14-28-31(19(6)39)17(4)25(36-28)12-24-16(3)21(9-10-30(41)42-7)33(37-24)22-11-29(40)32-18(5)26(38-34(22)32)13-27(20)35-23/h12-14,16,19,21,37,39-40H,8-11H2,1-7H3/t16-,19?,21-/m0/s1. The maximum atomic E-state index is 12.2. The largest absolute Gasteiger partial charge is 0.511 e. The van der Waals surface area contributed by atoms with E-state index in [-0.39, 0.29) is 24.2 Å². The van der Waals surface area contributed by atoms with E-state index < -0.39 is 6.10 Å². The van der Waals surface area contributed by atoms with Gasteiger partial charge in [-0.25, -0.2) is 15.0 Å². The highest BCUT2D eigenvalue weighted by Gasteiger charge is 2.41. The van der Waals surface area contributed by atoms with E-state index in [0.717, 1.165) is 85.4 Å². The number of fused-ring (bicyclic) bond motifs is 5. The van der Waals surface area contributed by atoms with Gasteiger partial charge in [0.25, 0.3) is 0 Å². The Balaban J connectivity index is 1.60. The summed E-state index contributed by atoms with van der Waals surface area (Å²) in [7, 11) is 1.41. The zero-order chi connectivity index (χ0) is 30.0. The van der Waals surface area contributed by atoms with Gasteiger partial charge in [-0.1, -0.05) is 13.8 Å². The number of hydrogen-bond donors (Lipinski definition) is 3. The van der Waals surface area contributed by atoms with E-state index in [2.05, 4.69) is 32.2 Å². The van der Waals surface area contributed by atoms with Crippen LogP contribution < -0.4 is 5.32 Å². The van der Waals surface area contributed by atoms with E-state index in [0.29, 0.717) is 24.3 Å². The van der Waals surface area contributed by atoms with Crippen molar-refractivity contribution in [3.63, 3.8) is 0 Å². The molecule has 3 N–H and O–H groups in total. The number of aliphatic imine (C=N–C) groups is 3. The summed E-state index contributed by atoms with van der Waals surface area (Å²) in [5, 5.41) is 25.7. The van der Waals surface area contributed by atoms with E-state index in [1.54, 1.807) is 6.92 Å². The molecule has 6 aliphatic rings. The summed E-state index contributed by atoms with van der Waals surface area (Å²) in [6.07, 6.45) is 7.43. The van der Waals surface area contributed by atoms with E-state index in [9.17, 15) is 15.0 Å². The van der Waals surface area contributed by atoms with Gasteiger partial charge in [0.1, 0.15) is 5.76 Å². The van der Waals surface area contributed by atoms with E-state index in [4.69, 9.17) is 19.7 Å². The molecule has 42 heavy (non-hydrogen) atoms. The fraction of sp³-hybridized carbons (Fsp3) is 0.412. The number of aliphatic hydroxyl groups is 2.